The van der Waals surface area contributed by atoms with E-state index in [2.05, 4.69) is 22.6 Å². The Morgan fingerprint density at radius 3 is 2.58 bits per heavy atom. The molecule has 64 valence electrons. The average Bonchev–Trinajstić information content (AvgIpc) is 2.04. The number of carboxylic acid groups (broad SMARTS) is 1. The molecule has 0 amide bonds. The molecule has 0 fully saturated rings. The van der Waals surface area contributed by atoms with E-state index in [1.54, 1.807) is 6.07 Å². The number of halogens is 1. The number of hydrogen-bond donors (Lipinski definition) is 2. The second-order valence-corrected chi connectivity index (χ2v) is 3.05. The Labute approximate surface area is 83.2 Å². The van der Waals surface area contributed by atoms with E-state index < -0.39 is 5.97 Å². The second-order valence-electron chi connectivity index (χ2n) is 2.28. The van der Waals surface area contributed by atoms with Crippen LogP contribution in [0.4, 0.5) is 0 Å². The number of carboxylic acids is 1. The summed E-state index contributed by atoms with van der Waals surface area (Å²) in [5, 5.41) is 17.8. The van der Waals surface area contributed by atoms with Crippen molar-refractivity contribution in [3.05, 3.63) is 29.3 Å². The Kier molecular flexibility index (Phi) is 2.91. The van der Waals surface area contributed by atoms with Crippen LogP contribution in [0.5, 0.6) is 5.75 Å². The van der Waals surface area contributed by atoms with Crippen molar-refractivity contribution in [1.82, 2.24) is 0 Å². The largest absolute Gasteiger partial charge is 0.508 e. The molecule has 0 aliphatic carbocycles. The SMILES string of the molecule is O=C(O)c1ccc(CI)c(O)c1. The smallest absolute Gasteiger partial charge is 0.335 e. The average molecular weight is 278 g/mol. The van der Waals surface area contributed by atoms with Gasteiger partial charge in [-0.15, -0.1) is 0 Å². The summed E-state index contributed by atoms with van der Waals surface area (Å²) in [7, 11) is 0. The zero-order valence-corrected chi connectivity index (χ0v) is 8.28. The first-order valence-electron chi connectivity index (χ1n) is 3.26. The molecule has 0 saturated carbocycles. The molecule has 2 N–H and O–H groups in total. The highest BCUT2D eigenvalue weighted by atomic mass is 127. The van der Waals surface area contributed by atoms with Crippen LogP contribution in [-0.2, 0) is 4.43 Å². The van der Waals surface area contributed by atoms with Gasteiger partial charge in [-0.05, 0) is 12.1 Å². The first-order chi connectivity index (χ1) is 5.65. The van der Waals surface area contributed by atoms with Crippen molar-refractivity contribution < 1.29 is 15.0 Å². The molecule has 0 radical (unpaired) electrons. The molecule has 0 heterocycles. The summed E-state index contributed by atoms with van der Waals surface area (Å²) in [5.74, 6) is -0.977. The normalized spacial score (nSPS) is 9.75. The van der Waals surface area contributed by atoms with Crippen LogP contribution in [-0.4, -0.2) is 16.2 Å². The highest BCUT2D eigenvalue weighted by Crippen LogP contribution is 2.21. The molecule has 12 heavy (non-hydrogen) atoms. The minimum absolute atomic E-state index is 0.0456. The highest BCUT2D eigenvalue weighted by molar-refractivity contribution is 14.1. The number of hydrogen-bond acceptors (Lipinski definition) is 2. The Bertz CT molecular complexity index is 309. The molecule has 0 atom stereocenters. The molecule has 0 spiro atoms. The van der Waals surface area contributed by atoms with Crippen molar-refractivity contribution in [3.63, 3.8) is 0 Å². The summed E-state index contributed by atoms with van der Waals surface area (Å²) >= 11 is 2.10. The summed E-state index contributed by atoms with van der Waals surface area (Å²) in [6, 6.07) is 4.36. The lowest BCUT2D eigenvalue weighted by Crippen LogP contribution is -1.95. The van der Waals surface area contributed by atoms with E-state index >= 15 is 0 Å². The van der Waals surface area contributed by atoms with Crippen molar-refractivity contribution >= 4 is 28.6 Å². The zero-order chi connectivity index (χ0) is 9.14. The van der Waals surface area contributed by atoms with Crippen molar-refractivity contribution in [2.45, 2.75) is 4.43 Å². The van der Waals surface area contributed by atoms with Gasteiger partial charge in [-0.25, -0.2) is 4.79 Å². The number of phenols is 1. The molecule has 0 aromatic heterocycles. The number of benzene rings is 1. The molecular formula is C8H7IO3. The van der Waals surface area contributed by atoms with Crippen molar-refractivity contribution in [2.75, 3.05) is 0 Å². The molecule has 4 heteroatoms. The maximum Gasteiger partial charge on any atom is 0.335 e. The maximum absolute atomic E-state index is 10.4. The molecule has 1 rings (SSSR count). The lowest BCUT2D eigenvalue weighted by atomic mass is 10.1. The van der Waals surface area contributed by atoms with Crippen molar-refractivity contribution in [3.8, 4) is 5.75 Å². The fraction of sp³-hybridized carbons (Fsp3) is 0.125. The van der Waals surface area contributed by atoms with E-state index in [1.165, 1.54) is 12.1 Å². The van der Waals surface area contributed by atoms with Crippen LogP contribution in [0.2, 0.25) is 0 Å². The predicted molar refractivity (Wildman–Crippen MR) is 52.8 cm³/mol. The van der Waals surface area contributed by atoms with Crippen LogP contribution in [0.3, 0.4) is 0 Å². The standard InChI is InChI=1S/C8H7IO3/c9-4-6-2-1-5(8(11)12)3-7(6)10/h1-3,10H,4H2,(H,11,12). The van der Waals surface area contributed by atoms with Crippen LogP contribution in [0.25, 0.3) is 0 Å². The van der Waals surface area contributed by atoms with E-state index in [0.717, 1.165) is 5.56 Å². The third-order valence-corrected chi connectivity index (χ3v) is 2.30. The minimum Gasteiger partial charge on any atom is -0.508 e. The monoisotopic (exact) mass is 278 g/mol. The van der Waals surface area contributed by atoms with Crippen LogP contribution >= 0.6 is 22.6 Å². The van der Waals surface area contributed by atoms with E-state index in [-0.39, 0.29) is 11.3 Å². The number of aromatic carboxylic acids is 1. The van der Waals surface area contributed by atoms with Gasteiger partial charge in [0.25, 0.3) is 0 Å². The fourth-order valence-electron chi connectivity index (χ4n) is 0.810. The topological polar surface area (TPSA) is 57.5 Å². The lowest BCUT2D eigenvalue weighted by molar-refractivity contribution is 0.0696. The number of rotatable bonds is 2. The zero-order valence-electron chi connectivity index (χ0n) is 6.12. The fourth-order valence-corrected chi connectivity index (χ4v) is 1.45. The maximum atomic E-state index is 10.4. The van der Waals surface area contributed by atoms with Crippen molar-refractivity contribution in [2.24, 2.45) is 0 Å². The Balaban J connectivity index is 3.10. The Hall–Kier alpha value is -0.780. The Morgan fingerprint density at radius 1 is 1.50 bits per heavy atom. The summed E-state index contributed by atoms with van der Waals surface area (Å²) in [6.07, 6.45) is 0. The molecular weight excluding hydrogens is 271 g/mol. The summed E-state index contributed by atoms with van der Waals surface area (Å²) in [4.78, 5) is 10.4. The van der Waals surface area contributed by atoms with Crippen LogP contribution < -0.4 is 0 Å². The summed E-state index contributed by atoms with van der Waals surface area (Å²) < 4.78 is 0.670. The van der Waals surface area contributed by atoms with Gasteiger partial charge in [-0.2, -0.15) is 0 Å². The molecule has 0 unspecified atom stereocenters. The van der Waals surface area contributed by atoms with Crippen molar-refractivity contribution in [1.29, 1.82) is 0 Å². The van der Waals surface area contributed by atoms with Gasteiger partial charge < -0.3 is 10.2 Å². The minimum atomic E-state index is -1.02. The molecule has 3 nitrogen and oxygen atoms in total. The number of phenolic OH excluding ortho intramolecular Hbond substituents is 1. The van der Waals surface area contributed by atoms with Gasteiger partial charge in [0.05, 0.1) is 5.56 Å². The predicted octanol–water partition coefficient (Wildman–Crippen LogP) is 2.03. The summed E-state index contributed by atoms with van der Waals surface area (Å²) in [6.45, 7) is 0. The van der Waals surface area contributed by atoms with Gasteiger partial charge in [0.15, 0.2) is 0 Å². The molecule has 0 saturated heterocycles. The lowest BCUT2D eigenvalue weighted by Gasteiger charge is -2.00. The first-order valence-corrected chi connectivity index (χ1v) is 4.79. The molecule has 0 aliphatic heterocycles. The molecule has 1 aromatic carbocycles. The molecule has 1 aromatic rings. The van der Waals surface area contributed by atoms with Gasteiger partial charge in [0.2, 0.25) is 0 Å². The quantitative estimate of drug-likeness (QED) is 0.642. The third-order valence-electron chi connectivity index (χ3n) is 1.48. The van der Waals surface area contributed by atoms with Gasteiger partial charge >= 0.3 is 5.97 Å². The van der Waals surface area contributed by atoms with E-state index in [1.807, 2.05) is 0 Å². The summed E-state index contributed by atoms with van der Waals surface area (Å²) in [5.41, 5.74) is 0.863. The molecule has 0 aliphatic rings. The first kappa shape index (κ1) is 9.31. The number of alkyl halides is 1. The van der Waals surface area contributed by atoms with Gasteiger partial charge in [0, 0.05) is 9.99 Å². The second kappa shape index (κ2) is 3.75. The Morgan fingerprint density at radius 2 is 2.17 bits per heavy atom. The van der Waals surface area contributed by atoms with Gasteiger partial charge in [0.1, 0.15) is 5.75 Å². The van der Waals surface area contributed by atoms with Gasteiger partial charge in [-0.1, -0.05) is 28.7 Å². The van der Waals surface area contributed by atoms with Gasteiger partial charge in [-0.3, -0.25) is 0 Å². The van der Waals surface area contributed by atoms with Crippen LogP contribution in [0.1, 0.15) is 15.9 Å². The van der Waals surface area contributed by atoms with Crippen LogP contribution in [0.15, 0.2) is 18.2 Å². The highest BCUT2D eigenvalue weighted by Gasteiger charge is 2.05. The van der Waals surface area contributed by atoms with E-state index in [9.17, 15) is 9.90 Å². The van der Waals surface area contributed by atoms with E-state index in [4.69, 9.17) is 5.11 Å². The van der Waals surface area contributed by atoms with E-state index in [0.29, 0.717) is 4.43 Å². The number of carbonyl (C=O) groups is 1. The third kappa shape index (κ3) is 1.88. The number of aromatic hydroxyl groups is 1. The molecule has 0 bridgehead atoms. The van der Waals surface area contributed by atoms with Crippen LogP contribution in [0, 0.1) is 0 Å².